The van der Waals surface area contributed by atoms with E-state index in [1.807, 2.05) is 32.9 Å². The molecule has 5 nitrogen and oxygen atoms in total. The van der Waals surface area contributed by atoms with Crippen molar-refractivity contribution in [3.63, 3.8) is 0 Å². The summed E-state index contributed by atoms with van der Waals surface area (Å²) in [6.45, 7) is 6.03. The minimum atomic E-state index is -0.658. The molecule has 0 aliphatic carbocycles. The number of halogens is 2. The maximum atomic E-state index is 12.6. The monoisotopic (exact) mass is 409 g/mol. The van der Waals surface area contributed by atoms with Gasteiger partial charge in [0.25, 0.3) is 0 Å². The van der Waals surface area contributed by atoms with Gasteiger partial charge in [0.05, 0.1) is 33.6 Å². The van der Waals surface area contributed by atoms with Crippen molar-refractivity contribution in [2.75, 3.05) is 18.5 Å². The molecule has 144 valence electrons. The van der Waals surface area contributed by atoms with E-state index >= 15 is 0 Å². The number of hydrogen-bond donors (Lipinski definition) is 1. The van der Waals surface area contributed by atoms with E-state index < -0.39 is 11.8 Å². The molecular formula is C20H21Cl2NO4. The third kappa shape index (κ3) is 4.74. The highest BCUT2D eigenvalue weighted by Gasteiger charge is 2.33. The Hall–Kier alpha value is -1.79. The van der Waals surface area contributed by atoms with E-state index in [1.54, 1.807) is 24.3 Å². The Kier molecular flexibility index (Phi) is 5.96. The molecular weight excluding hydrogens is 389 g/mol. The van der Waals surface area contributed by atoms with Crippen LogP contribution in [0.5, 0.6) is 0 Å². The number of aryl methyl sites for hydroxylation is 1. The summed E-state index contributed by atoms with van der Waals surface area (Å²) < 4.78 is 16.5. The fourth-order valence-electron chi connectivity index (χ4n) is 2.77. The average Bonchev–Trinajstić information content (AvgIpc) is 2.99. The molecule has 0 saturated carbocycles. The average molecular weight is 410 g/mol. The van der Waals surface area contributed by atoms with Gasteiger partial charge >= 0.3 is 5.97 Å². The van der Waals surface area contributed by atoms with Gasteiger partial charge in [-0.15, -0.1) is 0 Å². The number of ether oxygens (including phenoxy) is 3. The van der Waals surface area contributed by atoms with E-state index in [2.05, 4.69) is 5.32 Å². The summed E-state index contributed by atoms with van der Waals surface area (Å²) in [6.07, 6.45) is -0.287. The van der Waals surface area contributed by atoms with Gasteiger partial charge in [0.2, 0.25) is 0 Å². The third-order valence-electron chi connectivity index (χ3n) is 4.16. The lowest BCUT2D eigenvalue weighted by atomic mass is 10.1. The Bertz CT molecular complexity index is 854. The normalized spacial score (nSPS) is 18.3. The van der Waals surface area contributed by atoms with Crippen molar-refractivity contribution in [2.24, 2.45) is 0 Å². The van der Waals surface area contributed by atoms with Gasteiger partial charge in [-0.25, -0.2) is 4.79 Å². The molecule has 0 radical (unpaired) electrons. The largest absolute Gasteiger partial charge is 0.459 e. The van der Waals surface area contributed by atoms with Crippen molar-refractivity contribution in [3.8, 4) is 0 Å². The van der Waals surface area contributed by atoms with E-state index in [0.717, 1.165) is 5.56 Å². The van der Waals surface area contributed by atoms with Gasteiger partial charge in [-0.3, -0.25) is 0 Å². The van der Waals surface area contributed by atoms with Gasteiger partial charge in [0, 0.05) is 0 Å². The summed E-state index contributed by atoms with van der Waals surface area (Å²) in [4.78, 5) is 12.6. The predicted molar refractivity (Wildman–Crippen MR) is 106 cm³/mol. The lowest BCUT2D eigenvalue weighted by molar-refractivity contribution is -0.142. The number of nitrogens with one attached hydrogen (secondary N) is 1. The van der Waals surface area contributed by atoms with Crippen LogP contribution in [0.4, 0.5) is 11.4 Å². The number of benzene rings is 2. The van der Waals surface area contributed by atoms with E-state index in [-0.39, 0.29) is 12.7 Å². The molecule has 1 unspecified atom stereocenters. The summed E-state index contributed by atoms with van der Waals surface area (Å²) >= 11 is 12.6. The van der Waals surface area contributed by atoms with E-state index in [0.29, 0.717) is 33.6 Å². The van der Waals surface area contributed by atoms with Gasteiger partial charge < -0.3 is 19.5 Å². The van der Waals surface area contributed by atoms with Crippen LogP contribution in [-0.2, 0) is 14.2 Å². The first-order valence-electron chi connectivity index (χ1n) is 8.56. The van der Waals surface area contributed by atoms with Gasteiger partial charge in [-0.2, -0.15) is 0 Å². The molecule has 0 aromatic heterocycles. The van der Waals surface area contributed by atoms with Crippen molar-refractivity contribution < 1.29 is 19.0 Å². The Morgan fingerprint density at radius 1 is 1.26 bits per heavy atom. The fourth-order valence-corrected chi connectivity index (χ4v) is 3.23. The van der Waals surface area contributed by atoms with E-state index in [9.17, 15) is 4.79 Å². The van der Waals surface area contributed by atoms with Crippen LogP contribution in [0.15, 0.2) is 36.4 Å². The minimum absolute atomic E-state index is 0.114. The van der Waals surface area contributed by atoms with Crippen molar-refractivity contribution >= 4 is 40.5 Å². The van der Waals surface area contributed by atoms with Crippen LogP contribution in [0.25, 0.3) is 0 Å². The molecule has 2 aromatic carbocycles. The van der Waals surface area contributed by atoms with Crippen LogP contribution in [0.1, 0.15) is 29.8 Å². The standard InChI is InChI=1S/C20H21Cl2NO4/c1-12-8-9-15(21)18(17(12)22)23-16-7-5-4-6-14(16)19(24)25-10-13-11-26-20(2,3)27-13/h4-9,13,23H,10-11H2,1-3H3. The van der Waals surface area contributed by atoms with Crippen LogP contribution in [-0.4, -0.2) is 31.1 Å². The number of hydrogen-bond acceptors (Lipinski definition) is 5. The lowest BCUT2D eigenvalue weighted by Gasteiger charge is -2.18. The summed E-state index contributed by atoms with van der Waals surface area (Å²) in [5, 5.41) is 4.12. The molecule has 1 fully saturated rings. The molecule has 0 bridgehead atoms. The van der Waals surface area contributed by atoms with Crippen LogP contribution in [0.3, 0.4) is 0 Å². The summed E-state index contributed by atoms with van der Waals surface area (Å²) in [7, 11) is 0. The maximum absolute atomic E-state index is 12.6. The minimum Gasteiger partial charge on any atom is -0.459 e. The molecule has 27 heavy (non-hydrogen) atoms. The second kappa shape index (κ2) is 8.07. The van der Waals surface area contributed by atoms with Crippen LogP contribution < -0.4 is 5.32 Å². The lowest BCUT2D eigenvalue weighted by Crippen LogP contribution is -2.25. The maximum Gasteiger partial charge on any atom is 0.340 e. The zero-order valence-corrected chi connectivity index (χ0v) is 16.9. The zero-order chi connectivity index (χ0) is 19.6. The molecule has 0 spiro atoms. The molecule has 7 heteroatoms. The Morgan fingerprint density at radius 2 is 2.00 bits per heavy atom. The van der Waals surface area contributed by atoms with Crippen molar-refractivity contribution in [3.05, 3.63) is 57.6 Å². The number of carbonyl (C=O) groups is 1. The molecule has 1 heterocycles. The molecule has 1 aliphatic rings. The quantitative estimate of drug-likeness (QED) is 0.674. The highest BCUT2D eigenvalue weighted by Crippen LogP contribution is 2.36. The first kappa shape index (κ1) is 20.0. The second-order valence-corrected chi connectivity index (χ2v) is 7.56. The fraction of sp³-hybridized carbons (Fsp3) is 0.350. The third-order valence-corrected chi connectivity index (χ3v) is 4.96. The molecule has 3 rings (SSSR count). The summed E-state index contributed by atoms with van der Waals surface area (Å²) in [6, 6.07) is 10.6. The molecule has 1 N–H and O–H groups in total. The van der Waals surface area contributed by atoms with E-state index in [1.165, 1.54) is 0 Å². The number of rotatable bonds is 5. The first-order chi connectivity index (χ1) is 12.8. The number of anilines is 2. The van der Waals surface area contributed by atoms with E-state index in [4.69, 9.17) is 37.4 Å². The summed E-state index contributed by atoms with van der Waals surface area (Å²) in [5.74, 6) is -1.12. The molecule has 2 aromatic rings. The Balaban J connectivity index is 1.74. The molecule has 0 amide bonds. The van der Waals surface area contributed by atoms with Crippen LogP contribution >= 0.6 is 23.2 Å². The summed E-state index contributed by atoms with van der Waals surface area (Å²) in [5.41, 5.74) is 2.36. The SMILES string of the molecule is Cc1ccc(Cl)c(Nc2ccccc2C(=O)OCC2COC(C)(C)O2)c1Cl. The van der Waals surface area contributed by atoms with Crippen LogP contribution in [0, 0.1) is 6.92 Å². The number of carbonyl (C=O) groups excluding carboxylic acids is 1. The number of esters is 1. The molecule has 1 saturated heterocycles. The second-order valence-electron chi connectivity index (χ2n) is 6.77. The van der Waals surface area contributed by atoms with Crippen molar-refractivity contribution in [1.82, 2.24) is 0 Å². The molecule has 1 atom stereocenters. The smallest absolute Gasteiger partial charge is 0.340 e. The van der Waals surface area contributed by atoms with Crippen molar-refractivity contribution in [2.45, 2.75) is 32.7 Å². The van der Waals surface area contributed by atoms with Gasteiger partial charge in [0.15, 0.2) is 5.79 Å². The molecule has 1 aliphatic heterocycles. The van der Waals surface area contributed by atoms with Crippen LogP contribution in [0.2, 0.25) is 10.0 Å². The first-order valence-corrected chi connectivity index (χ1v) is 9.32. The Labute approximate surface area is 168 Å². The highest BCUT2D eigenvalue weighted by atomic mass is 35.5. The number of para-hydroxylation sites is 1. The topological polar surface area (TPSA) is 56.8 Å². The van der Waals surface area contributed by atoms with Crippen molar-refractivity contribution in [1.29, 1.82) is 0 Å². The van der Waals surface area contributed by atoms with Gasteiger partial charge in [-0.1, -0.05) is 41.4 Å². The van der Waals surface area contributed by atoms with Gasteiger partial charge in [0.1, 0.15) is 12.7 Å². The predicted octanol–water partition coefficient (Wildman–Crippen LogP) is 5.35. The highest BCUT2D eigenvalue weighted by molar-refractivity contribution is 6.39. The zero-order valence-electron chi connectivity index (χ0n) is 15.3. The van der Waals surface area contributed by atoms with Gasteiger partial charge in [-0.05, 0) is 44.5 Å². The Morgan fingerprint density at radius 3 is 2.70 bits per heavy atom.